The summed E-state index contributed by atoms with van der Waals surface area (Å²) in [4.78, 5) is 11.6. The summed E-state index contributed by atoms with van der Waals surface area (Å²) in [6, 6.07) is 7.53. The van der Waals surface area contributed by atoms with Crippen LogP contribution in [0.3, 0.4) is 0 Å². The molecule has 94 valence electrons. The van der Waals surface area contributed by atoms with E-state index in [-0.39, 0.29) is 5.24 Å². The second-order valence-corrected chi connectivity index (χ2v) is 4.87. The molecular formula is C12H17ClN2OS. The summed E-state index contributed by atoms with van der Waals surface area (Å²) in [5.74, 6) is 0.657. The third kappa shape index (κ3) is 5.44. The van der Waals surface area contributed by atoms with Crippen molar-refractivity contribution >= 4 is 28.6 Å². The van der Waals surface area contributed by atoms with E-state index in [1.165, 1.54) is 11.8 Å². The standard InChI is InChI=1S/C12H17ClN2OS/c1-3-15(4-2)14-12(16)17-9-10-5-7-11(13)8-6-10/h5-8H,3-4,9H2,1-2H3,(H,14,16). The summed E-state index contributed by atoms with van der Waals surface area (Å²) in [6.45, 7) is 5.63. The minimum Gasteiger partial charge on any atom is -0.280 e. The predicted octanol–water partition coefficient (Wildman–Crippen LogP) is 3.54. The number of hydrogen-bond donors (Lipinski definition) is 1. The average molecular weight is 273 g/mol. The minimum absolute atomic E-state index is 0.0244. The van der Waals surface area contributed by atoms with Crippen molar-refractivity contribution in [2.75, 3.05) is 13.1 Å². The molecule has 5 heteroatoms. The van der Waals surface area contributed by atoms with E-state index < -0.39 is 0 Å². The first-order valence-electron chi connectivity index (χ1n) is 5.58. The van der Waals surface area contributed by atoms with Crippen LogP contribution < -0.4 is 5.43 Å². The number of carbonyl (C=O) groups is 1. The van der Waals surface area contributed by atoms with Crippen molar-refractivity contribution in [3.05, 3.63) is 34.9 Å². The molecule has 0 atom stereocenters. The Kier molecular flexibility index (Phi) is 6.40. The lowest BCUT2D eigenvalue weighted by Gasteiger charge is -2.18. The van der Waals surface area contributed by atoms with Gasteiger partial charge in [0.15, 0.2) is 0 Å². The molecule has 1 N–H and O–H groups in total. The van der Waals surface area contributed by atoms with Crippen molar-refractivity contribution < 1.29 is 4.79 Å². The van der Waals surface area contributed by atoms with E-state index in [1.807, 2.05) is 43.1 Å². The monoisotopic (exact) mass is 272 g/mol. The molecule has 0 spiro atoms. The van der Waals surface area contributed by atoms with Crippen LogP contribution >= 0.6 is 23.4 Å². The van der Waals surface area contributed by atoms with Gasteiger partial charge in [-0.1, -0.05) is 49.3 Å². The van der Waals surface area contributed by atoms with Gasteiger partial charge in [-0.05, 0) is 17.7 Å². The van der Waals surface area contributed by atoms with Gasteiger partial charge in [-0.25, -0.2) is 5.01 Å². The van der Waals surface area contributed by atoms with Crippen LogP contribution in [0.2, 0.25) is 5.02 Å². The molecule has 0 unspecified atom stereocenters. The van der Waals surface area contributed by atoms with Crippen LogP contribution in [0.15, 0.2) is 24.3 Å². The highest BCUT2D eigenvalue weighted by Crippen LogP contribution is 2.15. The van der Waals surface area contributed by atoms with E-state index in [0.29, 0.717) is 10.8 Å². The van der Waals surface area contributed by atoms with Gasteiger partial charge in [0.25, 0.3) is 5.24 Å². The van der Waals surface area contributed by atoms with E-state index in [4.69, 9.17) is 11.6 Å². The maximum absolute atomic E-state index is 11.6. The fraction of sp³-hybridized carbons (Fsp3) is 0.417. The van der Waals surface area contributed by atoms with E-state index in [1.54, 1.807) is 0 Å². The molecule has 0 saturated heterocycles. The third-order valence-corrected chi connectivity index (χ3v) is 3.38. The van der Waals surface area contributed by atoms with Crippen LogP contribution in [-0.2, 0) is 5.75 Å². The van der Waals surface area contributed by atoms with Crippen LogP contribution in [0.4, 0.5) is 4.79 Å². The molecule has 1 rings (SSSR count). The lowest BCUT2D eigenvalue weighted by Crippen LogP contribution is -2.39. The molecule has 0 aromatic heterocycles. The van der Waals surface area contributed by atoms with E-state index in [0.717, 1.165) is 18.7 Å². The van der Waals surface area contributed by atoms with E-state index in [2.05, 4.69) is 5.43 Å². The number of halogens is 1. The Morgan fingerprint density at radius 3 is 2.41 bits per heavy atom. The van der Waals surface area contributed by atoms with Gasteiger partial charge < -0.3 is 0 Å². The smallest absolute Gasteiger partial charge is 0.280 e. The number of thioether (sulfide) groups is 1. The van der Waals surface area contributed by atoms with Gasteiger partial charge in [0.1, 0.15) is 0 Å². The molecule has 1 amide bonds. The van der Waals surface area contributed by atoms with Crippen molar-refractivity contribution in [1.82, 2.24) is 10.4 Å². The number of carbonyl (C=O) groups excluding carboxylic acids is 1. The lowest BCUT2D eigenvalue weighted by molar-refractivity contribution is 0.205. The summed E-state index contributed by atoms with van der Waals surface area (Å²) >= 11 is 7.05. The molecule has 1 aromatic rings. The minimum atomic E-state index is -0.0244. The molecule has 0 radical (unpaired) electrons. The van der Waals surface area contributed by atoms with Crippen LogP contribution in [-0.4, -0.2) is 23.3 Å². The van der Waals surface area contributed by atoms with Crippen molar-refractivity contribution in [1.29, 1.82) is 0 Å². The van der Waals surface area contributed by atoms with Gasteiger partial charge in [0.2, 0.25) is 0 Å². The fourth-order valence-electron chi connectivity index (χ4n) is 1.27. The molecule has 0 heterocycles. The van der Waals surface area contributed by atoms with Crippen molar-refractivity contribution in [2.45, 2.75) is 19.6 Å². The summed E-state index contributed by atoms with van der Waals surface area (Å²) in [7, 11) is 0. The zero-order valence-electron chi connectivity index (χ0n) is 10.1. The zero-order chi connectivity index (χ0) is 12.7. The Labute approximate surface area is 111 Å². The van der Waals surface area contributed by atoms with Crippen molar-refractivity contribution in [3.8, 4) is 0 Å². The quantitative estimate of drug-likeness (QED) is 0.832. The third-order valence-electron chi connectivity index (χ3n) is 2.30. The zero-order valence-corrected chi connectivity index (χ0v) is 11.6. The van der Waals surface area contributed by atoms with Gasteiger partial charge in [0.05, 0.1) is 0 Å². The van der Waals surface area contributed by atoms with Gasteiger partial charge in [-0.3, -0.25) is 10.2 Å². The average Bonchev–Trinajstić information content (AvgIpc) is 2.35. The number of amides is 1. The molecule has 0 fully saturated rings. The first-order chi connectivity index (χ1) is 8.15. The topological polar surface area (TPSA) is 32.3 Å². The molecule has 1 aromatic carbocycles. The highest BCUT2D eigenvalue weighted by atomic mass is 35.5. The van der Waals surface area contributed by atoms with Gasteiger partial charge >= 0.3 is 0 Å². The predicted molar refractivity (Wildman–Crippen MR) is 74.2 cm³/mol. The summed E-state index contributed by atoms with van der Waals surface area (Å²) in [5.41, 5.74) is 3.92. The Bertz CT molecular complexity index is 352. The Balaban J connectivity index is 2.35. The first-order valence-corrected chi connectivity index (χ1v) is 6.94. The second kappa shape index (κ2) is 7.58. The van der Waals surface area contributed by atoms with E-state index in [9.17, 15) is 4.79 Å². The summed E-state index contributed by atoms with van der Waals surface area (Å²) < 4.78 is 0. The van der Waals surface area contributed by atoms with Crippen LogP contribution in [0.1, 0.15) is 19.4 Å². The summed E-state index contributed by atoms with van der Waals surface area (Å²) in [6.07, 6.45) is 0. The highest BCUT2D eigenvalue weighted by molar-refractivity contribution is 8.12. The van der Waals surface area contributed by atoms with Crippen LogP contribution in [0.5, 0.6) is 0 Å². The molecule has 17 heavy (non-hydrogen) atoms. The normalized spacial score (nSPS) is 10.6. The molecular weight excluding hydrogens is 256 g/mol. The van der Waals surface area contributed by atoms with Crippen molar-refractivity contribution in [3.63, 3.8) is 0 Å². The molecule has 0 bridgehead atoms. The van der Waals surface area contributed by atoms with Crippen molar-refractivity contribution in [2.24, 2.45) is 0 Å². The molecule has 0 aliphatic rings. The Morgan fingerprint density at radius 1 is 1.29 bits per heavy atom. The molecule has 0 aliphatic carbocycles. The number of rotatable bonds is 5. The second-order valence-electron chi connectivity index (χ2n) is 3.49. The fourth-order valence-corrected chi connectivity index (χ4v) is 2.08. The number of hydrogen-bond acceptors (Lipinski definition) is 3. The SMILES string of the molecule is CCN(CC)NC(=O)SCc1ccc(Cl)cc1. The lowest BCUT2D eigenvalue weighted by atomic mass is 10.2. The number of nitrogens with zero attached hydrogens (tertiary/aromatic N) is 1. The maximum Gasteiger partial charge on any atom is 0.293 e. The highest BCUT2D eigenvalue weighted by Gasteiger charge is 2.06. The van der Waals surface area contributed by atoms with Crippen LogP contribution in [0, 0.1) is 0 Å². The summed E-state index contributed by atoms with van der Waals surface area (Å²) in [5, 5.41) is 2.56. The van der Waals surface area contributed by atoms with Gasteiger partial charge in [-0.15, -0.1) is 0 Å². The molecule has 0 saturated carbocycles. The number of nitrogens with one attached hydrogen (secondary N) is 1. The Hall–Kier alpha value is -0.710. The number of benzene rings is 1. The van der Waals surface area contributed by atoms with Gasteiger partial charge in [-0.2, -0.15) is 0 Å². The first kappa shape index (κ1) is 14.4. The maximum atomic E-state index is 11.6. The Morgan fingerprint density at radius 2 is 1.88 bits per heavy atom. The van der Waals surface area contributed by atoms with E-state index >= 15 is 0 Å². The molecule has 3 nitrogen and oxygen atoms in total. The molecule has 0 aliphatic heterocycles. The largest absolute Gasteiger partial charge is 0.293 e. The number of hydrazine groups is 1. The van der Waals surface area contributed by atoms with Crippen LogP contribution in [0.25, 0.3) is 0 Å². The van der Waals surface area contributed by atoms with Gasteiger partial charge in [0, 0.05) is 23.9 Å².